The molecular weight excluding hydrogens is 396 g/mol. The largest absolute Gasteiger partial charge is 0.462 e. The summed E-state index contributed by atoms with van der Waals surface area (Å²) in [5.41, 5.74) is 1.70. The molecule has 0 bridgehead atoms. The number of hydrogen-bond donors (Lipinski definition) is 0. The molecule has 0 amide bonds. The second kappa shape index (κ2) is 8.91. The van der Waals surface area contributed by atoms with Crippen LogP contribution < -0.4 is 0 Å². The van der Waals surface area contributed by atoms with Gasteiger partial charge in [0, 0.05) is 19.3 Å². The minimum Gasteiger partial charge on any atom is -0.462 e. The molecule has 4 aliphatic rings. The molecule has 0 aromatic carbocycles. The molecule has 8 atom stereocenters. The van der Waals surface area contributed by atoms with Crippen LogP contribution in [0.2, 0.25) is 0 Å². The lowest BCUT2D eigenvalue weighted by molar-refractivity contribution is -0.149. The van der Waals surface area contributed by atoms with Gasteiger partial charge in [-0.2, -0.15) is 0 Å². The number of carbonyl (C=O) groups is 2. The summed E-state index contributed by atoms with van der Waals surface area (Å²) in [7, 11) is 0. The van der Waals surface area contributed by atoms with Crippen LogP contribution in [0.4, 0.5) is 0 Å². The number of allylic oxidation sites excluding steroid dienone is 1. The highest BCUT2D eigenvalue weighted by molar-refractivity contribution is 5.94. The monoisotopic (exact) mass is 442 g/mol. The van der Waals surface area contributed by atoms with Gasteiger partial charge in [-0.25, -0.2) is 0 Å². The van der Waals surface area contributed by atoms with Crippen LogP contribution in [0.3, 0.4) is 0 Å². The normalized spacial score (nSPS) is 42.0. The Labute approximate surface area is 196 Å². The first-order valence-electron chi connectivity index (χ1n) is 13.5. The van der Waals surface area contributed by atoms with E-state index in [1.165, 1.54) is 57.4 Å². The predicted octanol–water partition coefficient (Wildman–Crippen LogP) is 7.14. The van der Waals surface area contributed by atoms with Crippen LogP contribution in [-0.2, 0) is 14.3 Å². The van der Waals surface area contributed by atoms with Gasteiger partial charge in [0.05, 0.1) is 0 Å². The molecule has 3 heteroatoms. The van der Waals surface area contributed by atoms with Crippen molar-refractivity contribution < 1.29 is 14.3 Å². The lowest BCUT2D eigenvalue weighted by Gasteiger charge is -2.57. The molecule has 3 fully saturated rings. The summed E-state index contributed by atoms with van der Waals surface area (Å²) in [6.45, 7) is 13.6. The van der Waals surface area contributed by atoms with Gasteiger partial charge in [0.15, 0.2) is 5.78 Å². The van der Waals surface area contributed by atoms with Crippen molar-refractivity contribution in [1.82, 2.24) is 0 Å². The van der Waals surface area contributed by atoms with Gasteiger partial charge in [-0.05, 0) is 85.0 Å². The molecule has 0 aromatic heterocycles. The van der Waals surface area contributed by atoms with Crippen molar-refractivity contribution in [3.05, 3.63) is 11.6 Å². The third-order valence-corrected chi connectivity index (χ3v) is 10.4. The number of fused-ring (bicyclic) bond motifs is 5. The van der Waals surface area contributed by atoms with Crippen LogP contribution in [-0.4, -0.2) is 17.9 Å². The van der Waals surface area contributed by atoms with Gasteiger partial charge < -0.3 is 4.74 Å². The topological polar surface area (TPSA) is 43.4 Å². The Balaban J connectivity index is 1.52. The summed E-state index contributed by atoms with van der Waals surface area (Å²) in [5.74, 6) is 3.74. The van der Waals surface area contributed by atoms with Crippen molar-refractivity contribution in [1.29, 1.82) is 0 Å². The maximum atomic E-state index is 13.6. The average molecular weight is 443 g/mol. The molecule has 3 saturated carbocycles. The fourth-order valence-electron chi connectivity index (χ4n) is 8.73. The van der Waals surface area contributed by atoms with E-state index in [1.807, 2.05) is 6.08 Å². The van der Waals surface area contributed by atoms with Crippen molar-refractivity contribution in [2.45, 2.75) is 112 Å². The van der Waals surface area contributed by atoms with Crippen molar-refractivity contribution in [2.24, 2.45) is 46.3 Å². The first-order valence-corrected chi connectivity index (χ1v) is 13.5. The van der Waals surface area contributed by atoms with Gasteiger partial charge in [-0.1, -0.05) is 59.5 Å². The molecule has 4 rings (SSSR count). The fraction of sp³-hybridized carbons (Fsp3) is 0.862. The van der Waals surface area contributed by atoms with Crippen LogP contribution >= 0.6 is 0 Å². The van der Waals surface area contributed by atoms with Gasteiger partial charge in [0.1, 0.15) is 6.10 Å². The molecule has 0 aliphatic heterocycles. The second-order valence-electron chi connectivity index (χ2n) is 12.7. The number of esters is 1. The minimum atomic E-state index is -0.202. The van der Waals surface area contributed by atoms with Crippen molar-refractivity contribution in [3.8, 4) is 0 Å². The maximum Gasteiger partial charge on any atom is 0.302 e. The Morgan fingerprint density at radius 3 is 2.50 bits per heavy atom. The number of hydrogen-bond acceptors (Lipinski definition) is 3. The summed E-state index contributed by atoms with van der Waals surface area (Å²) in [4.78, 5) is 25.1. The van der Waals surface area contributed by atoms with E-state index < -0.39 is 0 Å². The summed E-state index contributed by atoms with van der Waals surface area (Å²) < 4.78 is 5.54. The highest BCUT2D eigenvalue weighted by Gasteiger charge is 2.61. The van der Waals surface area contributed by atoms with Crippen LogP contribution in [0, 0.1) is 46.3 Å². The van der Waals surface area contributed by atoms with Crippen molar-refractivity contribution >= 4 is 11.8 Å². The third kappa shape index (κ3) is 4.11. The molecule has 0 radical (unpaired) electrons. The first kappa shape index (κ1) is 24.0. The van der Waals surface area contributed by atoms with Crippen LogP contribution in [0.25, 0.3) is 0 Å². The van der Waals surface area contributed by atoms with Crippen molar-refractivity contribution in [2.75, 3.05) is 0 Å². The average Bonchev–Trinajstić information content (AvgIpc) is 3.05. The molecule has 3 nitrogen and oxygen atoms in total. The Kier molecular flexibility index (Phi) is 6.69. The molecular formula is C29H46O3. The lowest BCUT2D eigenvalue weighted by Crippen LogP contribution is -2.53. The number of ketones is 1. The Morgan fingerprint density at radius 1 is 1.06 bits per heavy atom. The quantitative estimate of drug-likeness (QED) is 0.411. The summed E-state index contributed by atoms with van der Waals surface area (Å²) in [6, 6.07) is 0. The first-order chi connectivity index (χ1) is 15.1. The van der Waals surface area contributed by atoms with Gasteiger partial charge >= 0.3 is 5.97 Å². The van der Waals surface area contributed by atoms with E-state index in [0.717, 1.165) is 37.0 Å². The summed E-state index contributed by atoms with van der Waals surface area (Å²) in [6.07, 6.45) is 13.7. The van der Waals surface area contributed by atoms with E-state index in [-0.39, 0.29) is 23.4 Å². The Bertz CT molecular complexity index is 766. The Morgan fingerprint density at radius 2 is 1.81 bits per heavy atom. The molecule has 0 spiro atoms. The number of carbonyl (C=O) groups excluding carboxylic acids is 2. The van der Waals surface area contributed by atoms with E-state index in [1.54, 1.807) is 0 Å². The molecule has 0 aromatic rings. The fourth-order valence-corrected chi connectivity index (χ4v) is 8.73. The number of ether oxygens (including phenoxy) is 1. The molecule has 0 heterocycles. The SMILES string of the molecule is CC(=O)O[C@H]1CC[C@@]2(C)C(=CC(=O)[C@@H]3C2CC[C@@]2(C)C3CC[C@@H]2[C@H](C)CCCC(C)C)C1. The zero-order valence-electron chi connectivity index (χ0n) is 21.4. The molecule has 32 heavy (non-hydrogen) atoms. The Hall–Kier alpha value is -1.12. The number of rotatable bonds is 6. The van der Waals surface area contributed by atoms with Gasteiger partial charge in [-0.15, -0.1) is 0 Å². The molecule has 0 saturated heterocycles. The molecule has 0 N–H and O–H groups in total. The summed E-state index contributed by atoms with van der Waals surface area (Å²) in [5, 5.41) is 0. The molecule has 4 aliphatic carbocycles. The van der Waals surface area contributed by atoms with Crippen LogP contribution in [0.1, 0.15) is 106 Å². The summed E-state index contributed by atoms with van der Waals surface area (Å²) >= 11 is 0. The third-order valence-electron chi connectivity index (χ3n) is 10.4. The highest BCUT2D eigenvalue weighted by Crippen LogP contribution is 2.66. The van der Waals surface area contributed by atoms with E-state index in [2.05, 4.69) is 34.6 Å². The zero-order valence-corrected chi connectivity index (χ0v) is 21.4. The van der Waals surface area contributed by atoms with E-state index in [4.69, 9.17) is 4.74 Å². The van der Waals surface area contributed by atoms with Gasteiger partial charge in [-0.3, -0.25) is 9.59 Å². The van der Waals surface area contributed by atoms with E-state index in [9.17, 15) is 9.59 Å². The van der Waals surface area contributed by atoms with E-state index in [0.29, 0.717) is 23.0 Å². The lowest BCUT2D eigenvalue weighted by atomic mass is 9.46. The minimum absolute atomic E-state index is 0.0485. The van der Waals surface area contributed by atoms with E-state index >= 15 is 0 Å². The standard InChI is InChI=1S/C29H46O3/c1-18(2)8-7-9-19(3)23-10-11-24-27-25(13-15-29(23,24)6)28(5)14-12-22(32-20(4)30)16-21(28)17-26(27)31/h17-19,22-25,27H,7-16H2,1-6H3/t19-,22+,23-,24?,25?,27+,28+,29-/m1/s1. The molecule has 2 unspecified atom stereocenters. The second-order valence-corrected chi connectivity index (χ2v) is 12.7. The van der Waals surface area contributed by atoms with Crippen LogP contribution in [0.15, 0.2) is 11.6 Å². The molecule has 180 valence electrons. The van der Waals surface area contributed by atoms with Crippen LogP contribution in [0.5, 0.6) is 0 Å². The predicted molar refractivity (Wildman–Crippen MR) is 129 cm³/mol. The van der Waals surface area contributed by atoms with Gasteiger partial charge in [0.25, 0.3) is 0 Å². The maximum absolute atomic E-state index is 13.6. The zero-order chi connectivity index (χ0) is 23.3. The van der Waals surface area contributed by atoms with Crippen molar-refractivity contribution in [3.63, 3.8) is 0 Å². The van der Waals surface area contributed by atoms with Gasteiger partial charge in [0.2, 0.25) is 0 Å². The smallest absolute Gasteiger partial charge is 0.302 e. The highest BCUT2D eigenvalue weighted by atomic mass is 16.5.